The van der Waals surface area contributed by atoms with E-state index in [1.165, 1.54) is 0 Å². The van der Waals surface area contributed by atoms with E-state index in [0.29, 0.717) is 6.20 Å². The summed E-state index contributed by atoms with van der Waals surface area (Å²) in [5, 5.41) is 0. The van der Waals surface area contributed by atoms with Gasteiger partial charge in [0.1, 0.15) is 11.5 Å². The molecule has 104 valence electrons. The van der Waals surface area contributed by atoms with E-state index in [0.717, 1.165) is 6.07 Å². The SMILES string of the molecule is CC(C)C(=O)CC(=O)c1ncc(C(F)(F)F)cc1Br. The molecule has 0 saturated carbocycles. The van der Waals surface area contributed by atoms with Crippen molar-refractivity contribution in [2.24, 2.45) is 5.92 Å². The molecule has 0 unspecified atom stereocenters. The van der Waals surface area contributed by atoms with Crippen LogP contribution in [0.25, 0.3) is 0 Å². The average molecular weight is 338 g/mol. The zero-order valence-corrected chi connectivity index (χ0v) is 11.8. The van der Waals surface area contributed by atoms with Crippen LogP contribution in [0.1, 0.15) is 36.3 Å². The van der Waals surface area contributed by atoms with E-state index in [1.54, 1.807) is 13.8 Å². The first kappa shape index (κ1) is 15.8. The molecule has 0 aliphatic heterocycles. The molecule has 0 radical (unpaired) electrons. The maximum absolute atomic E-state index is 12.4. The molecule has 0 atom stereocenters. The summed E-state index contributed by atoms with van der Waals surface area (Å²) in [7, 11) is 0. The molecule has 7 heteroatoms. The lowest BCUT2D eigenvalue weighted by atomic mass is 10.0. The molecule has 0 fully saturated rings. The van der Waals surface area contributed by atoms with Gasteiger partial charge in [-0.2, -0.15) is 13.2 Å². The van der Waals surface area contributed by atoms with Crippen molar-refractivity contribution in [2.45, 2.75) is 26.4 Å². The van der Waals surface area contributed by atoms with Gasteiger partial charge < -0.3 is 0 Å². The molecule has 0 N–H and O–H groups in total. The maximum Gasteiger partial charge on any atom is 0.417 e. The van der Waals surface area contributed by atoms with Gasteiger partial charge in [-0.15, -0.1) is 0 Å². The van der Waals surface area contributed by atoms with Gasteiger partial charge in [0.25, 0.3) is 0 Å². The predicted octanol–water partition coefficient (Wildman–Crippen LogP) is 3.66. The maximum atomic E-state index is 12.4. The molecule has 0 saturated heterocycles. The van der Waals surface area contributed by atoms with Gasteiger partial charge in [-0.3, -0.25) is 14.6 Å². The topological polar surface area (TPSA) is 47.0 Å². The van der Waals surface area contributed by atoms with Gasteiger partial charge in [-0.05, 0) is 22.0 Å². The Balaban J connectivity index is 2.97. The third kappa shape index (κ3) is 4.12. The zero-order valence-electron chi connectivity index (χ0n) is 10.2. The summed E-state index contributed by atoms with van der Waals surface area (Å²) in [6.07, 6.45) is -4.31. The molecule has 0 bridgehead atoms. The molecule has 0 aliphatic rings. The molecular formula is C12H11BrF3NO2. The Labute approximate surface area is 116 Å². The number of pyridine rings is 1. The summed E-state index contributed by atoms with van der Waals surface area (Å²) in [4.78, 5) is 26.7. The monoisotopic (exact) mass is 337 g/mol. The highest BCUT2D eigenvalue weighted by atomic mass is 79.9. The van der Waals surface area contributed by atoms with Crippen molar-refractivity contribution in [1.29, 1.82) is 0 Å². The van der Waals surface area contributed by atoms with Crippen molar-refractivity contribution in [3.8, 4) is 0 Å². The third-order valence-electron chi connectivity index (χ3n) is 2.41. The summed E-state index contributed by atoms with van der Waals surface area (Å²) in [5.41, 5.74) is -1.12. The second-order valence-corrected chi connectivity index (χ2v) is 5.13. The third-order valence-corrected chi connectivity index (χ3v) is 3.02. The fraction of sp³-hybridized carbons (Fsp3) is 0.417. The van der Waals surface area contributed by atoms with Crippen molar-refractivity contribution in [3.05, 3.63) is 28.0 Å². The van der Waals surface area contributed by atoms with Crippen LogP contribution in [0.5, 0.6) is 0 Å². The van der Waals surface area contributed by atoms with Crippen molar-refractivity contribution in [2.75, 3.05) is 0 Å². The first-order chi connectivity index (χ1) is 8.62. The van der Waals surface area contributed by atoms with Crippen molar-refractivity contribution in [3.63, 3.8) is 0 Å². The fourth-order valence-corrected chi connectivity index (χ4v) is 1.81. The van der Waals surface area contributed by atoms with Gasteiger partial charge in [0, 0.05) is 16.6 Å². The van der Waals surface area contributed by atoms with Crippen LogP contribution in [0.2, 0.25) is 0 Å². The highest BCUT2D eigenvalue weighted by molar-refractivity contribution is 9.10. The Morgan fingerprint density at radius 2 is 1.95 bits per heavy atom. The molecule has 0 aromatic carbocycles. The van der Waals surface area contributed by atoms with Crippen LogP contribution < -0.4 is 0 Å². The van der Waals surface area contributed by atoms with Crippen LogP contribution in [-0.4, -0.2) is 16.6 Å². The molecule has 0 aliphatic carbocycles. The number of halogens is 4. The number of carbonyl (C=O) groups is 2. The predicted molar refractivity (Wildman–Crippen MR) is 65.7 cm³/mol. The van der Waals surface area contributed by atoms with Crippen molar-refractivity contribution < 1.29 is 22.8 Å². The van der Waals surface area contributed by atoms with E-state index in [1.807, 2.05) is 0 Å². The second-order valence-electron chi connectivity index (χ2n) is 4.27. The average Bonchev–Trinajstić information content (AvgIpc) is 2.27. The molecule has 1 heterocycles. The number of Topliss-reactive ketones (excluding diaryl/α,β-unsaturated/α-hetero) is 2. The van der Waals surface area contributed by atoms with Crippen LogP contribution in [0.3, 0.4) is 0 Å². The molecule has 1 aromatic heterocycles. The molecule has 19 heavy (non-hydrogen) atoms. The second kappa shape index (κ2) is 5.81. The Bertz CT molecular complexity index is 512. The molecular weight excluding hydrogens is 327 g/mol. The summed E-state index contributed by atoms with van der Waals surface area (Å²) < 4.78 is 37.2. The minimum Gasteiger partial charge on any atom is -0.299 e. The number of rotatable bonds is 4. The minimum atomic E-state index is -4.52. The molecule has 3 nitrogen and oxygen atoms in total. The van der Waals surface area contributed by atoms with Crippen LogP contribution in [0.15, 0.2) is 16.7 Å². The van der Waals surface area contributed by atoms with Gasteiger partial charge >= 0.3 is 6.18 Å². The normalized spacial score (nSPS) is 11.7. The number of hydrogen-bond donors (Lipinski definition) is 0. The van der Waals surface area contributed by atoms with E-state index in [2.05, 4.69) is 20.9 Å². The highest BCUT2D eigenvalue weighted by Crippen LogP contribution is 2.31. The Morgan fingerprint density at radius 3 is 2.37 bits per heavy atom. The largest absolute Gasteiger partial charge is 0.417 e. The molecule has 0 amide bonds. The number of carbonyl (C=O) groups excluding carboxylic acids is 2. The summed E-state index contributed by atoms with van der Waals surface area (Å²) >= 11 is 2.87. The first-order valence-electron chi connectivity index (χ1n) is 5.41. The first-order valence-corrected chi connectivity index (χ1v) is 6.21. The van der Waals surface area contributed by atoms with Crippen LogP contribution >= 0.6 is 15.9 Å². The summed E-state index contributed by atoms with van der Waals surface area (Å²) in [6, 6.07) is 0.778. The highest BCUT2D eigenvalue weighted by Gasteiger charge is 2.32. The number of aromatic nitrogens is 1. The zero-order chi connectivity index (χ0) is 14.8. The summed E-state index contributed by atoms with van der Waals surface area (Å²) in [5.74, 6) is -1.19. The van der Waals surface area contributed by atoms with Gasteiger partial charge in [0.15, 0.2) is 5.78 Å². The molecule has 1 rings (SSSR count). The number of alkyl halides is 3. The standard InChI is InChI=1S/C12H11BrF3NO2/c1-6(2)9(18)4-10(19)11-8(13)3-7(5-17-11)12(14,15)16/h3,5-6H,4H2,1-2H3. The minimum absolute atomic E-state index is 0.0659. The van der Waals surface area contributed by atoms with Crippen LogP contribution in [0.4, 0.5) is 13.2 Å². The Morgan fingerprint density at radius 1 is 1.37 bits per heavy atom. The number of nitrogens with zero attached hydrogens (tertiary/aromatic N) is 1. The lowest BCUT2D eigenvalue weighted by molar-refractivity contribution is -0.137. The lowest BCUT2D eigenvalue weighted by Gasteiger charge is -2.09. The van der Waals surface area contributed by atoms with Crippen LogP contribution in [0, 0.1) is 5.92 Å². The Kier molecular flexibility index (Phi) is 4.84. The van der Waals surface area contributed by atoms with E-state index >= 15 is 0 Å². The van der Waals surface area contributed by atoms with Gasteiger partial charge in [-0.25, -0.2) is 0 Å². The van der Waals surface area contributed by atoms with E-state index < -0.39 is 17.5 Å². The number of hydrogen-bond acceptors (Lipinski definition) is 3. The van der Waals surface area contributed by atoms with Crippen molar-refractivity contribution >= 4 is 27.5 Å². The van der Waals surface area contributed by atoms with E-state index in [4.69, 9.17) is 0 Å². The number of ketones is 2. The lowest BCUT2D eigenvalue weighted by Crippen LogP contribution is -2.15. The summed E-state index contributed by atoms with van der Waals surface area (Å²) in [6.45, 7) is 3.29. The van der Waals surface area contributed by atoms with Gasteiger partial charge in [0.2, 0.25) is 0 Å². The quantitative estimate of drug-likeness (QED) is 0.622. The molecule has 0 spiro atoms. The Hall–Kier alpha value is -1.24. The van der Waals surface area contributed by atoms with Crippen LogP contribution in [-0.2, 0) is 11.0 Å². The van der Waals surface area contributed by atoms with E-state index in [-0.39, 0.29) is 28.3 Å². The van der Waals surface area contributed by atoms with E-state index in [9.17, 15) is 22.8 Å². The smallest absolute Gasteiger partial charge is 0.299 e. The van der Waals surface area contributed by atoms with Gasteiger partial charge in [-0.1, -0.05) is 13.8 Å². The molecule has 1 aromatic rings. The van der Waals surface area contributed by atoms with Gasteiger partial charge in [0.05, 0.1) is 12.0 Å². The van der Waals surface area contributed by atoms with Crippen molar-refractivity contribution in [1.82, 2.24) is 4.98 Å². The fourth-order valence-electron chi connectivity index (χ4n) is 1.24.